The van der Waals surface area contributed by atoms with Crippen molar-refractivity contribution in [3.63, 3.8) is 0 Å². The van der Waals surface area contributed by atoms with Crippen molar-refractivity contribution in [2.75, 3.05) is 32.1 Å². The van der Waals surface area contributed by atoms with Crippen LogP contribution in [0, 0.1) is 5.92 Å². The summed E-state index contributed by atoms with van der Waals surface area (Å²) in [6.45, 7) is 4.19. The molecule has 5 heteroatoms. The van der Waals surface area contributed by atoms with Crippen LogP contribution in [0.3, 0.4) is 0 Å². The molecule has 1 saturated heterocycles. The van der Waals surface area contributed by atoms with Crippen LogP contribution in [0.15, 0.2) is 24.3 Å². The van der Waals surface area contributed by atoms with Gasteiger partial charge in [0.2, 0.25) is 0 Å². The van der Waals surface area contributed by atoms with Crippen molar-refractivity contribution in [3.05, 3.63) is 34.9 Å². The van der Waals surface area contributed by atoms with Crippen molar-refractivity contribution in [3.8, 4) is 0 Å². The Bertz CT molecular complexity index is 557. The zero-order valence-electron chi connectivity index (χ0n) is 12.6. The van der Waals surface area contributed by atoms with Gasteiger partial charge in [-0.1, -0.05) is 24.6 Å². The molecule has 1 aliphatic heterocycles. The molecule has 2 unspecified atom stereocenters. The first-order valence-electron chi connectivity index (χ1n) is 7.00. The van der Waals surface area contributed by atoms with Crippen molar-refractivity contribution in [2.45, 2.75) is 13.0 Å². The van der Waals surface area contributed by atoms with Crippen LogP contribution in [-0.4, -0.2) is 49.2 Å². The fraction of sp³-hybridized carbons (Fsp3) is 0.438. The molecule has 4 nitrogen and oxygen atoms in total. The molecule has 114 valence electrons. The minimum absolute atomic E-state index is 0.521. The number of carboxylic acids is 1. The number of hydrogen-bond acceptors (Lipinski definition) is 3. The number of likely N-dealkylation sites (N-methyl/N-ethyl adjacent to an activating group) is 1. The van der Waals surface area contributed by atoms with Gasteiger partial charge in [0.25, 0.3) is 0 Å². The molecule has 0 radical (unpaired) electrons. The number of aliphatic carboxylic acids is 1. The Labute approximate surface area is 130 Å². The normalized spacial score (nSPS) is 22.4. The number of nitrogens with zero attached hydrogens (tertiary/aromatic N) is 2. The van der Waals surface area contributed by atoms with Gasteiger partial charge in [0.15, 0.2) is 0 Å². The minimum Gasteiger partial charge on any atom is -0.478 e. The number of halogens is 1. The summed E-state index contributed by atoms with van der Waals surface area (Å²) in [4.78, 5) is 15.1. The van der Waals surface area contributed by atoms with Gasteiger partial charge in [0.1, 0.15) is 0 Å². The number of benzene rings is 1. The van der Waals surface area contributed by atoms with Crippen LogP contribution in [0.5, 0.6) is 0 Å². The maximum absolute atomic E-state index is 10.5. The van der Waals surface area contributed by atoms with Crippen LogP contribution < -0.4 is 4.90 Å². The molecular formula is C16H21ClN2O2. The molecule has 1 fully saturated rings. The van der Waals surface area contributed by atoms with Gasteiger partial charge in [-0.05, 0) is 43.8 Å². The Balaban J connectivity index is 2.17. The predicted molar refractivity (Wildman–Crippen MR) is 87.0 cm³/mol. The fourth-order valence-electron chi connectivity index (χ4n) is 2.87. The van der Waals surface area contributed by atoms with Gasteiger partial charge in [0, 0.05) is 25.2 Å². The van der Waals surface area contributed by atoms with E-state index < -0.39 is 5.97 Å². The number of carbonyl (C=O) groups is 1. The SMILES string of the molecule is CC1CN(c2ccc(/C=C/C(=O)O)cc2Cl)CC1N(C)C. The lowest BCUT2D eigenvalue weighted by Gasteiger charge is -2.23. The van der Waals surface area contributed by atoms with Crippen molar-refractivity contribution in [1.82, 2.24) is 4.90 Å². The molecule has 2 atom stereocenters. The lowest BCUT2D eigenvalue weighted by atomic mass is 10.1. The molecule has 0 aliphatic carbocycles. The second kappa shape index (κ2) is 6.50. The van der Waals surface area contributed by atoms with Crippen molar-refractivity contribution >= 4 is 29.3 Å². The predicted octanol–water partition coefficient (Wildman–Crippen LogP) is 2.82. The molecule has 2 rings (SSSR count). The van der Waals surface area contributed by atoms with Crippen molar-refractivity contribution < 1.29 is 9.90 Å². The number of hydrogen-bond donors (Lipinski definition) is 1. The van der Waals surface area contributed by atoms with E-state index in [1.54, 1.807) is 6.08 Å². The molecule has 21 heavy (non-hydrogen) atoms. The first-order chi connectivity index (χ1) is 9.88. The zero-order valence-corrected chi connectivity index (χ0v) is 13.3. The lowest BCUT2D eigenvalue weighted by Crippen LogP contribution is -2.34. The molecule has 0 bridgehead atoms. The highest BCUT2D eigenvalue weighted by Gasteiger charge is 2.31. The Kier molecular flexibility index (Phi) is 4.91. The minimum atomic E-state index is -0.961. The molecule has 1 heterocycles. The third-order valence-electron chi connectivity index (χ3n) is 3.97. The second-order valence-corrected chi connectivity index (χ2v) is 6.20. The number of anilines is 1. The maximum Gasteiger partial charge on any atom is 0.328 e. The van der Waals surface area contributed by atoms with Gasteiger partial charge in [0.05, 0.1) is 10.7 Å². The molecule has 0 saturated carbocycles. The highest BCUT2D eigenvalue weighted by atomic mass is 35.5. The summed E-state index contributed by atoms with van der Waals surface area (Å²) < 4.78 is 0. The van der Waals surface area contributed by atoms with E-state index >= 15 is 0 Å². The quantitative estimate of drug-likeness (QED) is 0.869. The standard InChI is InChI=1S/C16H21ClN2O2/c1-11-9-19(10-15(11)18(2)3)14-6-4-12(8-13(14)17)5-7-16(20)21/h4-8,11,15H,9-10H2,1-3H3,(H,20,21)/b7-5+. The van der Waals surface area contributed by atoms with Crippen LogP contribution in [0.2, 0.25) is 5.02 Å². The topological polar surface area (TPSA) is 43.8 Å². The second-order valence-electron chi connectivity index (χ2n) is 5.80. The average Bonchev–Trinajstić information content (AvgIpc) is 2.78. The van der Waals surface area contributed by atoms with E-state index in [0.717, 1.165) is 30.4 Å². The van der Waals surface area contributed by atoms with Crippen molar-refractivity contribution in [2.24, 2.45) is 5.92 Å². The summed E-state index contributed by atoms with van der Waals surface area (Å²) in [5.74, 6) is -0.375. The van der Waals surface area contributed by atoms with E-state index in [0.29, 0.717) is 17.0 Å². The van der Waals surface area contributed by atoms with Gasteiger partial charge in [-0.25, -0.2) is 4.79 Å². The number of rotatable bonds is 4. The summed E-state index contributed by atoms with van der Waals surface area (Å²) in [6, 6.07) is 6.19. The number of carboxylic acid groups (broad SMARTS) is 1. The molecule has 1 aromatic carbocycles. The molecule has 1 aliphatic rings. The zero-order chi connectivity index (χ0) is 15.6. The highest BCUT2D eigenvalue weighted by molar-refractivity contribution is 6.33. The Morgan fingerprint density at radius 3 is 2.67 bits per heavy atom. The van der Waals surface area contributed by atoms with Gasteiger partial charge in [-0.3, -0.25) is 0 Å². The third-order valence-corrected chi connectivity index (χ3v) is 4.27. The van der Waals surface area contributed by atoms with E-state index in [4.69, 9.17) is 16.7 Å². The molecule has 0 spiro atoms. The molecule has 1 aromatic rings. The summed E-state index contributed by atoms with van der Waals surface area (Å²) in [7, 11) is 4.21. The van der Waals surface area contributed by atoms with E-state index in [1.807, 2.05) is 18.2 Å². The Hall–Kier alpha value is -1.52. The molecular weight excluding hydrogens is 288 g/mol. The van der Waals surface area contributed by atoms with Crippen molar-refractivity contribution in [1.29, 1.82) is 0 Å². The lowest BCUT2D eigenvalue weighted by molar-refractivity contribution is -0.131. The largest absolute Gasteiger partial charge is 0.478 e. The van der Waals surface area contributed by atoms with E-state index in [9.17, 15) is 4.79 Å². The van der Waals surface area contributed by atoms with Crippen LogP contribution in [0.25, 0.3) is 6.08 Å². The summed E-state index contributed by atoms with van der Waals surface area (Å²) in [6.07, 6.45) is 2.67. The van der Waals surface area contributed by atoms with Crippen LogP contribution in [0.4, 0.5) is 5.69 Å². The van der Waals surface area contributed by atoms with Gasteiger partial charge in [-0.15, -0.1) is 0 Å². The maximum atomic E-state index is 10.5. The third kappa shape index (κ3) is 3.77. The Morgan fingerprint density at radius 2 is 2.14 bits per heavy atom. The van der Waals surface area contributed by atoms with E-state index in [1.165, 1.54) is 0 Å². The summed E-state index contributed by atoms with van der Waals surface area (Å²) in [5.41, 5.74) is 1.81. The van der Waals surface area contributed by atoms with E-state index in [-0.39, 0.29) is 0 Å². The average molecular weight is 309 g/mol. The van der Waals surface area contributed by atoms with Gasteiger partial charge < -0.3 is 14.9 Å². The summed E-state index contributed by atoms with van der Waals surface area (Å²) in [5, 5.41) is 9.31. The monoisotopic (exact) mass is 308 g/mol. The van der Waals surface area contributed by atoms with Gasteiger partial charge >= 0.3 is 5.97 Å². The smallest absolute Gasteiger partial charge is 0.328 e. The van der Waals surface area contributed by atoms with Crippen LogP contribution in [-0.2, 0) is 4.79 Å². The van der Waals surface area contributed by atoms with Gasteiger partial charge in [-0.2, -0.15) is 0 Å². The fourth-order valence-corrected chi connectivity index (χ4v) is 3.18. The summed E-state index contributed by atoms with van der Waals surface area (Å²) >= 11 is 6.36. The molecule has 0 amide bonds. The highest BCUT2D eigenvalue weighted by Crippen LogP contribution is 2.32. The first-order valence-corrected chi connectivity index (χ1v) is 7.38. The van der Waals surface area contributed by atoms with Crippen LogP contribution in [0.1, 0.15) is 12.5 Å². The first kappa shape index (κ1) is 15.9. The molecule has 0 aromatic heterocycles. The molecule has 1 N–H and O–H groups in total. The Morgan fingerprint density at radius 1 is 1.43 bits per heavy atom. The van der Waals surface area contributed by atoms with E-state index in [2.05, 4.69) is 30.8 Å². The van der Waals surface area contributed by atoms with Crippen LogP contribution >= 0.6 is 11.6 Å².